The highest BCUT2D eigenvalue weighted by Gasteiger charge is 2.30. The first-order chi connectivity index (χ1) is 9.60. The van der Waals surface area contributed by atoms with Crippen LogP contribution in [0.15, 0.2) is 28.7 Å². The number of hydrogen-bond acceptors (Lipinski definition) is 4. The Morgan fingerprint density at radius 3 is 2.62 bits per heavy atom. The van der Waals surface area contributed by atoms with Crippen molar-refractivity contribution in [3.05, 3.63) is 35.0 Å². The molecule has 4 nitrogen and oxygen atoms in total. The lowest BCUT2D eigenvalue weighted by molar-refractivity contribution is 0.428. The first-order valence-electron chi connectivity index (χ1n) is 6.72. The van der Waals surface area contributed by atoms with E-state index in [9.17, 15) is 8.42 Å². The van der Waals surface area contributed by atoms with Gasteiger partial charge in [0.25, 0.3) is 0 Å². The molecular weight excluding hydrogens is 310 g/mol. The number of nitrogens with one attached hydrogen (secondary N) is 1. The van der Waals surface area contributed by atoms with Gasteiger partial charge in [-0.2, -0.15) is 0 Å². The fourth-order valence-corrected chi connectivity index (χ4v) is 2.40. The summed E-state index contributed by atoms with van der Waals surface area (Å²) < 4.78 is 28.3. The number of sulfone groups is 1. The Labute approximate surface area is 130 Å². The SMILES string of the molecule is C[C@H](NCC(C)(C)S(C)(=O)=O)c1cc2cc(Cl)ccc2o1. The van der Waals surface area contributed by atoms with E-state index in [0.717, 1.165) is 16.7 Å². The van der Waals surface area contributed by atoms with Crippen molar-refractivity contribution >= 4 is 32.4 Å². The predicted molar refractivity (Wildman–Crippen MR) is 86.6 cm³/mol. The summed E-state index contributed by atoms with van der Waals surface area (Å²) in [6.45, 7) is 5.71. The summed E-state index contributed by atoms with van der Waals surface area (Å²) >= 11 is 5.95. The van der Waals surface area contributed by atoms with Gasteiger partial charge in [-0.05, 0) is 45.0 Å². The lowest BCUT2D eigenvalue weighted by Gasteiger charge is -2.24. The molecule has 0 saturated carbocycles. The van der Waals surface area contributed by atoms with Gasteiger partial charge in [0.15, 0.2) is 9.84 Å². The van der Waals surface area contributed by atoms with Crippen LogP contribution in [0, 0.1) is 0 Å². The quantitative estimate of drug-likeness (QED) is 0.911. The summed E-state index contributed by atoms with van der Waals surface area (Å²) in [4.78, 5) is 0. The van der Waals surface area contributed by atoms with Crippen LogP contribution >= 0.6 is 11.6 Å². The number of fused-ring (bicyclic) bond motifs is 1. The molecule has 0 radical (unpaired) electrons. The van der Waals surface area contributed by atoms with Crippen molar-refractivity contribution in [3.63, 3.8) is 0 Å². The lowest BCUT2D eigenvalue weighted by Crippen LogP contribution is -2.42. The Balaban J connectivity index is 2.14. The maximum absolute atomic E-state index is 11.7. The average Bonchev–Trinajstić information content (AvgIpc) is 2.77. The second kappa shape index (κ2) is 5.63. The molecule has 0 saturated heterocycles. The maximum atomic E-state index is 11.7. The molecule has 1 heterocycles. The van der Waals surface area contributed by atoms with Crippen LogP contribution in [0.2, 0.25) is 5.02 Å². The van der Waals surface area contributed by atoms with Gasteiger partial charge < -0.3 is 9.73 Å². The maximum Gasteiger partial charge on any atom is 0.153 e. The zero-order valence-electron chi connectivity index (χ0n) is 12.6. The highest BCUT2D eigenvalue weighted by Crippen LogP contribution is 2.26. The van der Waals surface area contributed by atoms with E-state index in [1.54, 1.807) is 19.9 Å². The van der Waals surface area contributed by atoms with Crippen LogP contribution in [0.1, 0.15) is 32.6 Å². The third-order valence-corrected chi connectivity index (χ3v) is 6.15. The molecule has 1 atom stereocenters. The molecule has 0 unspecified atom stereocenters. The molecule has 1 aromatic heterocycles. The van der Waals surface area contributed by atoms with E-state index in [1.165, 1.54) is 6.26 Å². The van der Waals surface area contributed by atoms with Gasteiger partial charge in [-0.15, -0.1) is 0 Å². The van der Waals surface area contributed by atoms with Crippen LogP contribution in [0.25, 0.3) is 11.0 Å². The van der Waals surface area contributed by atoms with Gasteiger partial charge in [0.2, 0.25) is 0 Å². The van der Waals surface area contributed by atoms with E-state index in [-0.39, 0.29) is 6.04 Å². The zero-order chi connectivity index (χ0) is 15.8. The summed E-state index contributed by atoms with van der Waals surface area (Å²) in [5.41, 5.74) is 0.769. The minimum absolute atomic E-state index is 0.0859. The number of benzene rings is 1. The van der Waals surface area contributed by atoms with Gasteiger partial charge in [-0.1, -0.05) is 11.6 Å². The topological polar surface area (TPSA) is 59.3 Å². The molecule has 0 amide bonds. The number of rotatable bonds is 5. The predicted octanol–water partition coefficient (Wildman–Crippen LogP) is 3.56. The van der Waals surface area contributed by atoms with E-state index in [1.807, 2.05) is 25.1 Å². The Bertz CT molecular complexity index is 749. The van der Waals surface area contributed by atoms with Crippen LogP contribution in [0.4, 0.5) is 0 Å². The monoisotopic (exact) mass is 329 g/mol. The molecule has 0 fully saturated rings. The Kier molecular flexibility index (Phi) is 4.38. The molecular formula is C15H20ClNO3S. The van der Waals surface area contributed by atoms with Crippen LogP contribution in [0.3, 0.4) is 0 Å². The van der Waals surface area contributed by atoms with Crippen molar-refractivity contribution in [3.8, 4) is 0 Å². The molecule has 21 heavy (non-hydrogen) atoms. The van der Waals surface area contributed by atoms with Crippen molar-refractivity contribution in [1.82, 2.24) is 5.32 Å². The smallest absolute Gasteiger partial charge is 0.153 e. The molecule has 2 rings (SSSR count). The number of furan rings is 1. The molecule has 1 aromatic carbocycles. The minimum Gasteiger partial charge on any atom is -0.459 e. The van der Waals surface area contributed by atoms with Gasteiger partial charge in [-0.3, -0.25) is 0 Å². The van der Waals surface area contributed by atoms with Gasteiger partial charge in [0.1, 0.15) is 11.3 Å². The largest absolute Gasteiger partial charge is 0.459 e. The first-order valence-corrected chi connectivity index (χ1v) is 8.99. The summed E-state index contributed by atoms with van der Waals surface area (Å²) in [5.74, 6) is 0.761. The van der Waals surface area contributed by atoms with Crippen molar-refractivity contribution in [2.75, 3.05) is 12.8 Å². The normalized spacial score (nSPS) is 14.5. The molecule has 0 aliphatic carbocycles. The van der Waals surface area contributed by atoms with E-state index in [2.05, 4.69) is 5.32 Å². The molecule has 0 bridgehead atoms. The van der Waals surface area contributed by atoms with Crippen LogP contribution in [-0.2, 0) is 9.84 Å². The summed E-state index contributed by atoms with van der Waals surface area (Å²) in [7, 11) is -3.12. The standard InChI is InChI=1S/C15H20ClNO3S/c1-10(17-9-15(2,3)21(4,18)19)14-8-11-7-12(16)5-6-13(11)20-14/h5-8,10,17H,9H2,1-4H3/t10-/m0/s1. The van der Waals surface area contributed by atoms with E-state index in [0.29, 0.717) is 11.6 Å². The van der Waals surface area contributed by atoms with Gasteiger partial charge >= 0.3 is 0 Å². The van der Waals surface area contributed by atoms with E-state index >= 15 is 0 Å². The summed E-state index contributed by atoms with van der Waals surface area (Å²) in [5, 5.41) is 4.81. The second-order valence-corrected chi connectivity index (χ2v) is 9.05. The van der Waals surface area contributed by atoms with E-state index in [4.69, 9.17) is 16.0 Å². The van der Waals surface area contributed by atoms with Crippen LogP contribution in [-0.4, -0.2) is 26.0 Å². The summed E-state index contributed by atoms with van der Waals surface area (Å²) in [6.07, 6.45) is 1.25. The lowest BCUT2D eigenvalue weighted by atomic mass is 10.1. The number of hydrogen-bond donors (Lipinski definition) is 1. The molecule has 6 heteroatoms. The first kappa shape index (κ1) is 16.3. The van der Waals surface area contributed by atoms with Crippen molar-refractivity contribution < 1.29 is 12.8 Å². The van der Waals surface area contributed by atoms with Crippen molar-refractivity contribution in [1.29, 1.82) is 0 Å². The average molecular weight is 330 g/mol. The molecule has 1 N–H and O–H groups in total. The molecule has 2 aromatic rings. The second-order valence-electron chi connectivity index (χ2n) is 5.97. The van der Waals surface area contributed by atoms with E-state index < -0.39 is 14.6 Å². The number of halogens is 1. The van der Waals surface area contributed by atoms with Crippen molar-refractivity contribution in [2.45, 2.75) is 31.6 Å². The molecule has 0 aliphatic heterocycles. The fraction of sp³-hybridized carbons (Fsp3) is 0.467. The zero-order valence-corrected chi connectivity index (χ0v) is 14.2. The minimum atomic E-state index is -3.12. The van der Waals surface area contributed by atoms with Crippen molar-refractivity contribution in [2.24, 2.45) is 0 Å². The Hall–Kier alpha value is -1.04. The third-order valence-electron chi connectivity index (χ3n) is 3.76. The molecule has 0 aliphatic rings. The third kappa shape index (κ3) is 3.59. The van der Waals surface area contributed by atoms with Crippen LogP contribution in [0.5, 0.6) is 0 Å². The highest BCUT2D eigenvalue weighted by atomic mass is 35.5. The molecule has 116 valence electrons. The Morgan fingerprint density at radius 1 is 1.33 bits per heavy atom. The highest BCUT2D eigenvalue weighted by molar-refractivity contribution is 7.92. The summed E-state index contributed by atoms with van der Waals surface area (Å²) in [6, 6.07) is 7.29. The van der Waals surface area contributed by atoms with Gasteiger partial charge in [-0.25, -0.2) is 8.42 Å². The van der Waals surface area contributed by atoms with Gasteiger partial charge in [0, 0.05) is 23.2 Å². The Morgan fingerprint density at radius 2 is 2.00 bits per heavy atom. The van der Waals surface area contributed by atoms with Gasteiger partial charge in [0.05, 0.1) is 10.8 Å². The van der Waals surface area contributed by atoms with Crippen LogP contribution < -0.4 is 5.32 Å². The molecule has 0 spiro atoms. The fourth-order valence-electron chi connectivity index (χ4n) is 1.88.